The summed E-state index contributed by atoms with van der Waals surface area (Å²) in [5.74, 6) is 2.06. The van der Waals surface area contributed by atoms with Crippen LogP contribution in [0.5, 0.6) is 5.75 Å². The molecular formula is C25H30N4OS. The van der Waals surface area contributed by atoms with Gasteiger partial charge in [-0.3, -0.25) is 0 Å². The van der Waals surface area contributed by atoms with Gasteiger partial charge in [0.2, 0.25) is 0 Å². The summed E-state index contributed by atoms with van der Waals surface area (Å²) in [5, 5.41) is 5.53. The molecule has 1 aromatic carbocycles. The van der Waals surface area contributed by atoms with Crippen molar-refractivity contribution in [1.29, 1.82) is 0 Å². The van der Waals surface area contributed by atoms with Gasteiger partial charge in [-0.2, -0.15) is 0 Å². The van der Waals surface area contributed by atoms with Gasteiger partial charge in [-0.15, -0.1) is 11.3 Å². The highest BCUT2D eigenvalue weighted by atomic mass is 32.1. The van der Waals surface area contributed by atoms with Crippen LogP contribution in [0.2, 0.25) is 0 Å². The van der Waals surface area contributed by atoms with Crippen molar-refractivity contribution in [1.82, 2.24) is 19.4 Å². The van der Waals surface area contributed by atoms with E-state index in [1.54, 1.807) is 11.3 Å². The van der Waals surface area contributed by atoms with Crippen molar-refractivity contribution >= 4 is 21.6 Å². The monoisotopic (exact) mass is 434 g/mol. The van der Waals surface area contributed by atoms with Crippen LogP contribution in [0.15, 0.2) is 48.0 Å². The highest BCUT2D eigenvalue weighted by Crippen LogP contribution is 2.30. The fraction of sp³-hybridized carbons (Fsp3) is 0.400. The molecule has 0 saturated carbocycles. The average Bonchev–Trinajstić information content (AvgIpc) is 3.46. The standard InChI is InChI=1S/C25H30N4OS/c1-18-17-29(25(27-18)23-16-24-22(28(23)2)11-15-31-24)14-3-4-19-5-7-20(8-6-19)30-21-9-12-26-13-10-21/h5-8,11,15-17,21,26H,3-4,9-10,12-14H2,1-2H3. The minimum atomic E-state index is 0.350. The first-order chi connectivity index (χ1) is 15.2. The van der Waals surface area contributed by atoms with Gasteiger partial charge in [-0.05, 0) is 80.9 Å². The number of imidazole rings is 1. The number of piperidine rings is 1. The van der Waals surface area contributed by atoms with Gasteiger partial charge in [0.15, 0.2) is 5.82 Å². The molecule has 4 heterocycles. The zero-order valence-electron chi connectivity index (χ0n) is 18.3. The molecule has 0 bridgehead atoms. The second kappa shape index (κ2) is 8.89. The van der Waals surface area contributed by atoms with Gasteiger partial charge in [0, 0.05) is 19.8 Å². The molecule has 1 aliphatic rings. The van der Waals surface area contributed by atoms with Crippen LogP contribution in [0.1, 0.15) is 30.5 Å². The summed E-state index contributed by atoms with van der Waals surface area (Å²) in [4.78, 5) is 4.84. The largest absolute Gasteiger partial charge is 0.490 e. The zero-order valence-corrected chi connectivity index (χ0v) is 19.1. The number of fused-ring (bicyclic) bond motifs is 1. The maximum atomic E-state index is 6.13. The Morgan fingerprint density at radius 1 is 1.16 bits per heavy atom. The van der Waals surface area contributed by atoms with E-state index in [4.69, 9.17) is 9.72 Å². The van der Waals surface area contributed by atoms with Crippen LogP contribution in [0.25, 0.3) is 21.7 Å². The van der Waals surface area contributed by atoms with E-state index in [-0.39, 0.29) is 0 Å². The van der Waals surface area contributed by atoms with Crippen LogP contribution in [0.3, 0.4) is 0 Å². The van der Waals surface area contributed by atoms with E-state index in [1.807, 2.05) is 0 Å². The Hall–Kier alpha value is -2.57. The first-order valence-electron chi connectivity index (χ1n) is 11.2. The summed E-state index contributed by atoms with van der Waals surface area (Å²) in [6.07, 6.45) is 6.83. The molecule has 0 radical (unpaired) electrons. The molecule has 0 spiro atoms. The van der Waals surface area contributed by atoms with Crippen LogP contribution >= 0.6 is 11.3 Å². The molecule has 4 aromatic rings. The highest BCUT2D eigenvalue weighted by molar-refractivity contribution is 7.17. The Kier molecular flexibility index (Phi) is 5.83. The number of hydrogen-bond donors (Lipinski definition) is 1. The average molecular weight is 435 g/mol. The van der Waals surface area contributed by atoms with Gasteiger partial charge in [-0.25, -0.2) is 4.98 Å². The van der Waals surface area contributed by atoms with Gasteiger partial charge >= 0.3 is 0 Å². The van der Waals surface area contributed by atoms with Gasteiger partial charge in [0.1, 0.15) is 11.9 Å². The van der Waals surface area contributed by atoms with Crippen molar-refractivity contribution in [2.75, 3.05) is 13.1 Å². The lowest BCUT2D eigenvalue weighted by Crippen LogP contribution is -2.34. The predicted octanol–water partition coefficient (Wildman–Crippen LogP) is 5.18. The third kappa shape index (κ3) is 4.41. The molecule has 0 atom stereocenters. The topological polar surface area (TPSA) is 44.0 Å². The molecule has 0 aliphatic carbocycles. The molecule has 3 aromatic heterocycles. The molecule has 1 saturated heterocycles. The minimum absolute atomic E-state index is 0.350. The lowest BCUT2D eigenvalue weighted by atomic mass is 10.1. The van der Waals surface area contributed by atoms with Crippen molar-refractivity contribution in [3.05, 3.63) is 59.2 Å². The second-order valence-electron chi connectivity index (χ2n) is 8.47. The Bertz CT molecular complexity index is 1150. The van der Waals surface area contributed by atoms with Gasteiger partial charge in [-0.1, -0.05) is 12.1 Å². The highest BCUT2D eigenvalue weighted by Gasteiger charge is 2.16. The molecule has 1 aliphatic heterocycles. The zero-order chi connectivity index (χ0) is 21.2. The summed E-state index contributed by atoms with van der Waals surface area (Å²) in [5.41, 5.74) is 4.89. The smallest absolute Gasteiger partial charge is 0.156 e. The summed E-state index contributed by atoms with van der Waals surface area (Å²) >= 11 is 1.79. The maximum absolute atomic E-state index is 6.13. The van der Waals surface area contributed by atoms with Crippen molar-refractivity contribution in [3.63, 3.8) is 0 Å². The first kappa shape index (κ1) is 20.3. The Balaban J connectivity index is 1.22. The first-order valence-corrected chi connectivity index (χ1v) is 12.1. The van der Waals surface area contributed by atoms with Crippen LogP contribution in [-0.4, -0.2) is 33.3 Å². The number of rotatable bonds is 7. The van der Waals surface area contributed by atoms with Crippen LogP contribution < -0.4 is 10.1 Å². The van der Waals surface area contributed by atoms with Crippen LogP contribution in [0, 0.1) is 6.92 Å². The second-order valence-corrected chi connectivity index (χ2v) is 9.42. The number of ether oxygens (including phenoxy) is 1. The SMILES string of the molecule is Cc1cn(CCCc2ccc(OC3CCNCC3)cc2)c(-c2cc3sccc3n2C)n1. The number of thiophene rings is 1. The van der Waals surface area contributed by atoms with E-state index in [0.29, 0.717) is 6.10 Å². The van der Waals surface area contributed by atoms with E-state index in [0.717, 1.165) is 62.6 Å². The number of nitrogens with one attached hydrogen (secondary N) is 1. The summed E-state index contributed by atoms with van der Waals surface area (Å²) < 4.78 is 12.0. The number of aryl methyl sites for hydroxylation is 4. The van der Waals surface area contributed by atoms with E-state index in [1.165, 1.54) is 21.5 Å². The van der Waals surface area contributed by atoms with Gasteiger partial charge in [0.25, 0.3) is 0 Å². The lowest BCUT2D eigenvalue weighted by Gasteiger charge is -2.23. The molecule has 5 rings (SSSR count). The third-order valence-electron chi connectivity index (χ3n) is 6.17. The molecule has 162 valence electrons. The van der Waals surface area contributed by atoms with E-state index >= 15 is 0 Å². The van der Waals surface area contributed by atoms with Gasteiger partial charge < -0.3 is 19.2 Å². The molecule has 5 nitrogen and oxygen atoms in total. The fourth-order valence-corrected chi connectivity index (χ4v) is 5.33. The summed E-state index contributed by atoms with van der Waals surface area (Å²) in [6.45, 7) is 5.15. The van der Waals surface area contributed by atoms with E-state index in [9.17, 15) is 0 Å². The van der Waals surface area contributed by atoms with Crippen molar-refractivity contribution < 1.29 is 4.74 Å². The Morgan fingerprint density at radius 3 is 2.74 bits per heavy atom. The molecule has 0 amide bonds. The predicted molar refractivity (Wildman–Crippen MR) is 128 cm³/mol. The quantitative estimate of drug-likeness (QED) is 0.436. The summed E-state index contributed by atoms with van der Waals surface area (Å²) in [6, 6.07) is 13.1. The molecular weight excluding hydrogens is 404 g/mol. The number of hydrogen-bond acceptors (Lipinski definition) is 4. The van der Waals surface area contributed by atoms with E-state index < -0.39 is 0 Å². The third-order valence-corrected chi connectivity index (χ3v) is 7.02. The Labute approximate surface area is 187 Å². The number of aromatic nitrogens is 3. The van der Waals surface area contributed by atoms with E-state index in [2.05, 4.69) is 76.4 Å². The lowest BCUT2D eigenvalue weighted by molar-refractivity contribution is 0.162. The number of benzene rings is 1. The molecule has 6 heteroatoms. The maximum Gasteiger partial charge on any atom is 0.156 e. The molecule has 1 fully saturated rings. The Morgan fingerprint density at radius 2 is 1.97 bits per heavy atom. The summed E-state index contributed by atoms with van der Waals surface area (Å²) in [7, 11) is 2.13. The normalized spacial score (nSPS) is 15.0. The van der Waals surface area contributed by atoms with Gasteiger partial charge in [0.05, 0.1) is 21.6 Å². The van der Waals surface area contributed by atoms with Crippen molar-refractivity contribution in [3.8, 4) is 17.3 Å². The molecule has 31 heavy (non-hydrogen) atoms. The van der Waals surface area contributed by atoms with Crippen LogP contribution in [0.4, 0.5) is 0 Å². The minimum Gasteiger partial charge on any atom is -0.490 e. The molecule has 0 unspecified atom stereocenters. The molecule has 1 N–H and O–H groups in total. The fourth-order valence-electron chi connectivity index (χ4n) is 4.48. The van der Waals surface area contributed by atoms with Crippen molar-refractivity contribution in [2.24, 2.45) is 7.05 Å². The number of nitrogens with zero attached hydrogens (tertiary/aromatic N) is 3. The van der Waals surface area contributed by atoms with Crippen molar-refractivity contribution in [2.45, 2.75) is 45.3 Å². The van der Waals surface area contributed by atoms with Crippen LogP contribution in [-0.2, 0) is 20.0 Å².